The fraction of sp³-hybridized carbons (Fsp3) is 0.455. The zero-order valence-electron chi connectivity index (χ0n) is 16.0. The Labute approximate surface area is 161 Å². The van der Waals surface area contributed by atoms with Crippen molar-refractivity contribution in [1.82, 2.24) is 4.98 Å². The quantitative estimate of drug-likeness (QED) is 0.884. The molecule has 0 spiro atoms. The number of aromatic nitrogens is 1. The fourth-order valence-electron chi connectivity index (χ4n) is 3.93. The van der Waals surface area contributed by atoms with E-state index in [-0.39, 0.29) is 5.91 Å². The zero-order chi connectivity index (χ0) is 18.6. The smallest absolute Gasteiger partial charge is 0.274 e. The van der Waals surface area contributed by atoms with Gasteiger partial charge in [-0.15, -0.1) is 0 Å². The van der Waals surface area contributed by atoms with Crippen molar-refractivity contribution < 1.29 is 4.79 Å². The molecule has 0 atom stereocenters. The second kappa shape index (κ2) is 7.99. The van der Waals surface area contributed by atoms with Crippen LogP contribution < -0.4 is 15.1 Å². The van der Waals surface area contributed by atoms with Gasteiger partial charge in [-0.1, -0.05) is 6.92 Å². The van der Waals surface area contributed by atoms with Crippen LogP contribution in [-0.2, 0) is 0 Å². The Morgan fingerprint density at radius 2 is 1.63 bits per heavy atom. The number of hydrogen-bond donors (Lipinski definition) is 1. The van der Waals surface area contributed by atoms with Gasteiger partial charge in [0.25, 0.3) is 5.91 Å². The number of rotatable bonds is 4. The Hall–Kier alpha value is -2.56. The van der Waals surface area contributed by atoms with Crippen molar-refractivity contribution in [3.8, 4) is 0 Å². The van der Waals surface area contributed by atoms with Crippen LogP contribution in [0.15, 0.2) is 42.6 Å². The van der Waals surface area contributed by atoms with Gasteiger partial charge in [0.1, 0.15) is 5.69 Å². The van der Waals surface area contributed by atoms with Crippen LogP contribution in [0, 0.1) is 5.92 Å². The van der Waals surface area contributed by atoms with Crippen LogP contribution >= 0.6 is 0 Å². The molecule has 1 aromatic carbocycles. The number of hydrogen-bond acceptors (Lipinski definition) is 4. The molecule has 1 amide bonds. The van der Waals surface area contributed by atoms with Gasteiger partial charge in [-0.05, 0) is 68.0 Å². The molecular weight excluding hydrogens is 336 g/mol. The maximum Gasteiger partial charge on any atom is 0.274 e. The molecule has 142 valence electrons. The van der Waals surface area contributed by atoms with E-state index in [0.717, 1.165) is 43.5 Å². The summed E-state index contributed by atoms with van der Waals surface area (Å²) in [5, 5.41) is 2.97. The average Bonchev–Trinajstić information content (AvgIpc) is 3.24. The van der Waals surface area contributed by atoms with E-state index < -0.39 is 0 Å². The number of nitrogens with zero attached hydrogens (tertiary/aromatic N) is 3. The molecule has 2 aromatic rings. The highest BCUT2D eigenvalue weighted by atomic mass is 16.1. The second-order valence-electron chi connectivity index (χ2n) is 7.76. The van der Waals surface area contributed by atoms with E-state index in [9.17, 15) is 4.79 Å². The van der Waals surface area contributed by atoms with Crippen molar-refractivity contribution in [3.05, 3.63) is 48.3 Å². The normalized spacial score (nSPS) is 18.0. The summed E-state index contributed by atoms with van der Waals surface area (Å²) >= 11 is 0. The molecule has 2 aliphatic rings. The highest BCUT2D eigenvalue weighted by molar-refractivity contribution is 6.03. The summed E-state index contributed by atoms with van der Waals surface area (Å²) in [4.78, 5) is 21.7. The van der Waals surface area contributed by atoms with Gasteiger partial charge >= 0.3 is 0 Å². The van der Waals surface area contributed by atoms with Crippen LogP contribution in [0.1, 0.15) is 43.1 Å². The standard InChI is InChI=1S/C22H28N4O/c1-17-9-14-26(15-10-17)20-8-11-23-21(16-20)22(27)24-18-4-6-19(7-5-18)25-12-2-3-13-25/h4-8,11,16-17H,2-3,9-10,12-15H2,1H3,(H,24,27). The first-order chi connectivity index (χ1) is 13.2. The first-order valence-corrected chi connectivity index (χ1v) is 10.1. The molecule has 5 nitrogen and oxygen atoms in total. The summed E-state index contributed by atoms with van der Waals surface area (Å²) in [6.45, 7) is 6.64. The van der Waals surface area contributed by atoms with E-state index in [0.29, 0.717) is 5.69 Å². The van der Waals surface area contributed by atoms with Crippen molar-refractivity contribution in [3.63, 3.8) is 0 Å². The monoisotopic (exact) mass is 364 g/mol. The van der Waals surface area contributed by atoms with Crippen LogP contribution in [0.5, 0.6) is 0 Å². The Kier molecular flexibility index (Phi) is 5.28. The minimum atomic E-state index is -0.156. The average molecular weight is 364 g/mol. The van der Waals surface area contributed by atoms with Gasteiger partial charge < -0.3 is 15.1 Å². The van der Waals surface area contributed by atoms with E-state index >= 15 is 0 Å². The molecule has 2 fully saturated rings. The number of benzene rings is 1. The van der Waals surface area contributed by atoms with Gasteiger partial charge in [0.2, 0.25) is 0 Å². The molecule has 0 bridgehead atoms. The van der Waals surface area contributed by atoms with E-state index in [1.807, 2.05) is 24.3 Å². The molecule has 2 aliphatic heterocycles. The summed E-state index contributed by atoms with van der Waals surface area (Å²) < 4.78 is 0. The maximum atomic E-state index is 12.6. The van der Waals surface area contributed by atoms with Gasteiger partial charge in [0.05, 0.1) is 0 Å². The molecule has 2 saturated heterocycles. The van der Waals surface area contributed by atoms with Crippen LogP contribution in [0.4, 0.5) is 17.1 Å². The predicted molar refractivity (Wildman–Crippen MR) is 111 cm³/mol. The fourth-order valence-corrected chi connectivity index (χ4v) is 3.93. The summed E-state index contributed by atoms with van der Waals surface area (Å²) in [5.41, 5.74) is 3.59. The summed E-state index contributed by atoms with van der Waals surface area (Å²) in [5.74, 6) is 0.630. The molecule has 27 heavy (non-hydrogen) atoms. The van der Waals surface area contributed by atoms with Crippen LogP contribution in [-0.4, -0.2) is 37.1 Å². The van der Waals surface area contributed by atoms with Gasteiger partial charge in [-0.25, -0.2) is 0 Å². The number of nitrogens with one attached hydrogen (secondary N) is 1. The van der Waals surface area contributed by atoms with Gasteiger partial charge in [-0.3, -0.25) is 9.78 Å². The summed E-state index contributed by atoms with van der Waals surface area (Å²) in [7, 11) is 0. The SMILES string of the molecule is CC1CCN(c2ccnc(C(=O)Nc3ccc(N4CCCC4)cc3)c2)CC1. The lowest BCUT2D eigenvalue weighted by atomic mass is 9.99. The highest BCUT2D eigenvalue weighted by Crippen LogP contribution is 2.24. The third kappa shape index (κ3) is 4.24. The molecule has 3 heterocycles. The van der Waals surface area contributed by atoms with Crippen molar-refractivity contribution in [2.75, 3.05) is 41.3 Å². The lowest BCUT2D eigenvalue weighted by molar-refractivity contribution is 0.102. The molecular formula is C22H28N4O. The van der Waals surface area contributed by atoms with Crippen molar-refractivity contribution in [2.24, 2.45) is 5.92 Å². The van der Waals surface area contributed by atoms with Crippen molar-refractivity contribution in [2.45, 2.75) is 32.6 Å². The lowest BCUT2D eigenvalue weighted by Gasteiger charge is -2.32. The molecule has 5 heteroatoms. The topological polar surface area (TPSA) is 48.5 Å². The largest absolute Gasteiger partial charge is 0.372 e. The van der Waals surface area contributed by atoms with Crippen molar-refractivity contribution in [1.29, 1.82) is 0 Å². The Balaban J connectivity index is 1.41. The van der Waals surface area contributed by atoms with Crippen LogP contribution in [0.25, 0.3) is 0 Å². The number of carbonyl (C=O) groups is 1. The summed E-state index contributed by atoms with van der Waals surface area (Å²) in [6.07, 6.45) is 6.66. The number of pyridine rings is 1. The number of piperidine rings is 1. The summed E-state index contributed by atoms with van der Waals surface area (Å²) in [6, 6.07) is 12.0. The van der Waals surface area contributed by atoms with E-state index in [1.165, 1.54) is 31.4 Å². The Bertz CT molecular complexity index is 775. The van der Waals surface area contributed by atoms with Crippen LogP contribution in [0.2, 0.25) is 0 Å². The van der Waals surface area contributed by atoms with E-state index in [1.54, 1.807) is 6.20 Å². The highest BCUT2D eigenvalue weighted by Gasteiger charge is 2.18. The minimum Gasteiger partial charge on any atom is -0.372 e. The molecule has 0 aliphatic carbocycles. The first kappa shape index (κ1) is 17.8. The molecule has 1 N–H and O–H groups in total. The van der Waals surface area contributed by atoms with E-state index in [2.05, 4.69) is 39.2 Å². The number of carbonyl (C=O) groups excluding carboxylic acids is 1. The number of amides is 1. The van der Waals surface area contributed by atoms with Gasteiger partial charge in [0.15, 0.2) is 0 Å². The molecule has 0 saturated carbocycles. The Morgan fingerprint density at radius 1 is 0.963 bits per heavy atom. The van der Waals surface area contributed by atoms with E-state index in [4.69, 9.17) is 0 Å². The van der Waals surface area contributed by atoms with Gasteiger partial charge in [0, 0.05) is 49.4 Å². The third-order valence-electron chi connectivity index (χ3n) is 5.72. The minimum absolute atomic E-state index is 0.156. The number of anilines is 3. The molecule has 0 radical (unpaired) electrons. The molecule has 0 unspecified atom stereocenters. The zero-order valence-corrected chi connectivity index (χ0v) is 16.0. The first-order valence-electron chi connectivity index (χ1n) is 10.1. The second-order valence-corrected chi connectivity index (χ2v) is 7.76. The van der Waals surface area contributed by atoms with Crippen molar-refractivity contribution >= 4 is 23.0 Å². The molecule has 1 aromatic heterocycles. The third-order valence-corrected chi connectivity index (χ3v) is 5.72. The van der Waals surface area contributed by atoms with Gasteiger partial charge in [-0.2, -0.15) is 0 Å². The maximum absolute atomic E-state index is 12.6. The predicted octanol–water partition coefficient (Wildman–Crippen LogP) is 4.17. The van der Waals surface area contributed by atoms with Crippen LogP contribution in [0.3, 0.4) is 0 Å². The lowest BCUT2D eigenvalue weighted by Crippen LogP contribution is -2.33. The molecule has 4 rings (SSSR count). The Morgan fingerprint density at radius 3 is 2.33 bits per heavy atom.